The maximum absolute atomic E-state index is 5.02. The topological polar surface area (TPSA) is 25.0 Å². The zero-order valence-corrected chi connectivity index (χ0v) is 8.66. The first-order valence-corrected chi connectivity index (χ1v) is 4.78. The summed E-state index contributed by atoms with van der Waals surface area (Å²) in [5.41, 5.74) is 3.22. The smallest absolute Gasteiger partial charge is 0.0903 e. The van der Waals surface area contributed by atoms with Gasteiger partial charge in [0.2, 0.25) is 0 Å². The van der Waals surface area contributed by atoms with Crippen LogP contribution in [-0.2, 0) is 4.74 Å². The van der Waals surface area contributed by atoms with Crippen molar-refractivity contribution in [1.29, 1.82) is 0 Å². The van der Waals surface area contributed by atoms with Gasteiger partial charge in [-0.2, -0.15) is 0 Å². The molecule has 1 aromatic heterocycles. The van der Waals surface area contributed by atoms with Crippen molar-refractivity contribution in [1.82, 2.24) is 4.98 Å². The molecule has 0 fully saturated rings. The minimum atomic E-state index is 0.981. The first kappa shape index (κ1) is 9.59. The van der Waals surface area contributed by atoms with E-state index in [-0.39, 0.29) is 0 Å². The van der Waals surface area contributed by atoms with Gasteiger partial charge in [0.15, 0.2) is 0 Å². The first-order chi connectivity index (χ1) is 7.36. The average Bonchev–Trinajstić information content (AvgIpc) is 2.70. The minimum absolute atomic E-state index is 0.981. The zero-order chi connectivity index (χ0) is 10.7. The van der Waals surface area contributed by atoms with E-state index in [0.717, 1.165) is 16.7 Å². The molecule has 1 aromatic carbocycles. The number of aromatic nitrogens is 1. The number of rotatable bonds is 3. The van der Waals surface area contributed by atoms with Gasteiger partial charge in [0.25, 0.3) is 0 Å². The van der Waals surface area contributed by atoms with Gasteiger partial charge in [0.1, 0.15) is 0 Å². The van der Waals surface area contributed by atoms with Gasteiger partial charge in [-0.25, -0.2) is 0 Å². The molecule has 0 bridgehead atoms. The van der Waals surface area contributed by atoms with Crippen molar-refractivity contribution in [3.63, 3.8) is 0 Å². The fourth-order valence-electron chi connectivity index (χ4n) is 1.66. The molecule has 0 aliphatic heterocycles. The van der Waals surface area contributed by atoms with Crippen LogP contribution >= 0.6 is 0 Å². The average molecular weight is 199 g/mol. The van der Waals surface area contributed by atoms with Crippen molar-refractivity contribution >= 4 is 16.5 Å². The van der Waals surface area contributed by atoms with Crippen LogP contribution in [0.15, 0.2) is 49.4 Å². The quantitative estimate of drug-likeness (QED) is 0.595. The molecule has 1 heterocycles. The first-order valence-electron chi connectivity index (χ1n) is 4.78. The molecule has 0 unspecified atom stereocenters. The van der Waals surface area contributed by atoms with Crippen LogP contribution in [0, 0.1) is 0 Å². The molecule has 0 aliphatic rings. The Morgan fingerprint density at radius 1 is 1.40 bits per heavy atom. The summed E-state index contributed by atoms with van der Waals surface area (Å²) in [7, 11) is 1.64. The molecule has 0 saturated heterocycles. The minimum Gasteiger partial charge on any atom is -0.504 e. The summed E-state index contributed by atoms with van der Waals surface area (Å²) in [4.78, 5) is 3.22. The van der Waals surface area contributed by atoms with Crippen LogP contribution in [0.4, 0.5) is 0 Å². The number of H-pyrrole nitrogens is 1. The predicted octanol–water partition coefficient (Wildman–Crippen LogP) is 3.34. The number of ether oxygens (including phenoxy) is 1. The summed E-state index contributed by atoms with van der Waals surface area (Å²) in [5, 5.41) is 1.18. The van der Waals surface area contributed by atoms with Crippen LogP contribution in [-0.4, -0.2) is 12.1 Å². The van der Waals surface area contributed by atoms with Crippen molar-refractivity contribution in [2.75, 3.05) is 7.11 Å². The van der Waals surface area contributed by atoms with Crippen molar-refractivity contribution < 1.29 is 4.74 Å². The molecule has 0 saturated carbocycles. The van der Waals surface area contributed by atoms with E-state index in [1.807, 2.05) is 24.4 Å². The summed E-state index contributed by atoms with van der Waals surface area (Å²) in [5.74, 6) is 0. The van der Waals surface area contributed by atoms with Crippen LogP contribution in [0.5, 0.6) is 0 Å². The third-order valence-electron chi connectivity index (χ3n) is 2.36. The zero-order valence-electron chi connectivity index (χ0n) is 8.66. The number of para-hydroxylation sites is 1. The Morgan fingerprint density at radius 3 is 2.93 bits per heavy atom. The van der Waals surface area contributed by atoms with E-state index in [2.05, 4.69) is 17.6 Å². The van der Waals surface area contributed by atoms with Gasteiger partial charge in [0.05, 0.1) is 13.4 Å². The molecule has 1 N–H and O–H groups in total. The summed E-state index contributed by atoms with van der Waals surface area (Å²) in [6.45, 7) is 3.78. The monoisotopic (exact) mass is 199 g/mol. The number of allylic oxidation sites excluding steroid dienone is 2. The fraction of sp³-hybridized carbons (Fsp3) is 0.0769. The highest BCUT2D eigenvalue weighted by Crippen LogP contribution is 2.25. The molecule has 0 atom stereocenters. The van der Waals surface area contributed by atoms with Gasteiger partial charge < -0.3 is 9.72 Å². The lowest BCUT2D eigenvalue weighted by atomic mass is 10.1. The van der Waals surface area contributed by atoms with Gasteiger partial charge in [-0.15, -0.1) is 0 Å². The normalized spacial score (nSPS) is 11.7. The summed E-state index contributed by atoms with van der Waals surface area (Å²) < 4.78 is 5.02. The molecule has 0 amide bonds. The van der Waals surface area contributed by atoms with Crippen molar-refractivity contribution in [2.24, 2.45) is 0 Å². The lowest BCUT2D eigenvalue weighted by molar-refractivity contribution is 0.340. The Bertz CT molecular complexity index is 508. The number of hydrogen-bond acceptors (Lipinski definition) is 1. The van der Waals surface area contributed by atoms with Crippen molar-refractivity contribution in [2.45, 2.75) is 0 Å². The van der Waals surface area contributed by atoms with E-state index >= 15 is 0 Å². The van der Waals surface area contributed by atoms with E-state index in [1.165, 1.54) is 5.39 Å². The molecular formula is C13H13NO. The highest BCUT2D eigenvalue weighted by atomic mass is 16.5. The number of methoxy groups -OCH3 is 1. The standard InChI is InChI=1S/C13H13NO/c1-3-10(9-15-2)12-8-14-13-7-5-4-6-11(12)13/h3-9,14H,1H2,2H3/b10-9+. The van der Waals surface area contributed by atoms with E-state index in [9.17, 15) is 0 Å². The molecular weight excluding hydrogens is 186 g/mol. The number of aromatic amines is 1. The van der Waals surface area contributed by atoms with Crippen LogP contribution in [0.3, 0.4) is 0 Å². The Hall–Kier alpha value is -1.96. The molecule has 0 aliphatic carbocycles. The maximum Gasteiger partial charge on any atom is 0.0903 e. The fourth-order valence-corrected chi connectivity index (χ4v) is 1.66. The van der Waals surface area contributed by atoms with E-state index < -0.39 is 0 Å². The molecule has 0 radical (unpaired) electrons. The highest BCUT2D eigenvalue weighted by Gasteiger charge is 2.05. The molecule has 2 nitrogen and oxygen atoms in total. The van der Waals surface area contributed by atoms with Gasteiger partial charge in [-0.05, 0) is 6.07 Å². The largest absolute Gasteiger partial charge is 0.504 e. The second kappa shape index (κ2) is 4.05. The number of nitrogens with one attached hydrogen (secondary N) is 1. The molecule has 15 heavy (non-hydrogen) atoms. The SMILES string of the molecule is C=C/C(=C\OC)c1c[nH]c2ccccc12. The number of fused-ring (bicyclic) bond motifs is 1. The summed E-state index contributed by atoms with van der Waals surface area (Å²) in [6.07, 6.45) is 5.46. The maximum atomic E-state index is 5.02. The van der Waals surface area contributed by atoms with Gasteiger partial charge in [-0.3, -0.25) is 0 Å². The number of hydrogen-bond donors (Lipinski definition) is 1. The van der Waals surface area contributed by atoms with E-state index in [4.69, 9.17) is 4.74 Å². The summed E-state index contributed by atoms with van der Waals surface area (Å²) >= 11 is 0. The van der Waals surface area contributed by atoms with E-state index in [1.54, 1.807) is 19.4 Å². The second-order valence-corrected chi connectivity index (χ2v) is 3.26. The van der Waals surface area contributed by atoms with Gasteiger partial charge in [-0.1, -0.05) is 30.9 Å². The third kappa shape index (κ3) is 1.66. The highest BCUT2D eigenvalue weighted by molar-refractivity contribution is 5.94. The Balaban J connectivity index is 2.61. The van der Waals surface area contributed by atoms with Crippen LogP contribution in [0.1, 0.15) is 5.56 Å². The van der Waals surface area contributed by atoms with Gasteiger partial charge in [0, 0.05) is 28.2 Å². The summed E-state index contributed by atoms with van der Waals surface area (Å²) in [6, 6.07) is 8.16. The molecule has 2 aromatic rings. The number of benzene rings is 1. The Labute approximate surface area is 88.9 Å². The lowest BCUT2D eigenvalue weighted by Crippen LogP contribution is -1.79. The van der Waals surface area contributed by atoms with Crippen LogP contribution < -0.4 is 0 Å². The molecule has 2 heteroatoms. The van der Waals surface area contributed by atoms with Crippen LogP contribution in [0.2, 0.25) is 0 Å². The predicted molar refractivity (Wildman–Crippen MR) is 63.5 cm³/mol. The van der Waals surface area contributed by atoms with Crippen molar-refractivity contribution in [3.05, 3.63) is 54.9 Å². The lowest BCUT2D eigenvalue weighted by Gasteiger charge is -1.99. The second-order valence-electron chi connectivity index (χ2n) is 3.26. The third-order valence-corrected chi connectivity index (χ3v) is 2.36. The molecule has 2 rings (SSSR count). The molecule has 0 spiro atoms. The van der Waals surface area contributed by atoms with E-state index in [0.29, 0.717) is 0 Å². The van der Waals surface area contributed by atoms with Gasteiger partial charge >= 0.3 is 0 Å². The Kier molecular flexibility index (Phi) is 2.59. The van der Waals surface area contributed by atoms with Crippen molar-refractivity contribution in [3.8, 4) is 0 Å². The molecule has 76 valence electrons. The van der Waals surface area contributed by atoms with Crippen LogP contribution in [0.25, 0.3) is 16.5 Å². The Morgan fingerprint density at radius 2 is 2.20 bits per heavy atom.